The molecule has 0 spiro atoms. The predicted molar refractivity (Wildman–Crippen MR) is 74.6 cm³/mol. The van der Waals surface area contributed by atoms with Crippen molar-refractivity contribution in [1.29, 1.82) is 0 Å². The minimum atomic E-state index is -1.09. The number of carbonyl (C=O) groups is 2. The summed E-state index contributed by atoms with van der Waals surface area (Å²) in [4.78, 5) is 21.7. The van der Waals surface area contributed by atoms with Gasteiger partial charge in [-0.2, -0.15) is 0 Å². The lowest BCUT2D eigenvalue weighted by atomic mass is 10.1. The zero-order valence-corrected chi connectivity index (χ0v) is 12.5. The minimum Gasteiger partial charge on any atom is -0.480 e. The summed E-state index contributed by atoms with van der Waals surface area (Å²) in [6, 6.07) is -2.07. The standard InChI is InChI=1S/C10H20N2O4S2/c1-9(2,5(11)7(13)14)17-18-10(3,4)6(12)8(15)16/h5-6H,11-12H2,1-4H3,(H,13,14)(H,15,16)/t5-,6?/m1/s1. The second-order valence-corrected chi connectivity index (χ2v) is 8.44. The first-order valence-electron chi connectivity index (χ1n) is 5.25. The summed E-state index contributed by atoms with van der Waals surface area (Å²) < 4.78 is -1.46. The fourth-order valence-corrected chi connectivity index (χ4v) is 3.66. The van der Waals surface area contributed by atoms with Crippen LogP contribution in [0, 0.1) is 0 Å². The highest BCUT2D eigenvalue weighted by Crippen LogP contribution is 2.45. The number of nitrogens with two attached hydrogens (primary N) is 2. The van der Waals surface area contributed by atoms with Gasteiger partial charge in [-0.3, -0.25) is 9.59 Å². The Morgan fingerprint density at radius 3 is 1.28 bits per heavy atom. The van der Waals surface area contributed by atoms with E-state index in [4.69, 9.17) is 21.7 Å². The van der Waals surface area contributed by atoms with Crippen LogP contribution in [0.1, 0.15) is 27.7 Å². The first kappa shape index (κ1) is 17.6. The van der Waals surface area contributed by atoms with Crippen LogP contribution in [-0.2, 0) is 9.59 Å². The van der Waals surface area contributed by atoms with E-state index in [0.29, 0.717) is 0 Å². The second kappa shape index (κ2) is 6.14. The number of aliphatic carboxylic acids is 2. The van der Waals surface area contributed by atoms with E-state index in [-0.39, 0.29) is 0 Å². The molecule has 0 rings (SSSR count). The van der Waals surface area contributed by atoms with Gasteiger partial charge in [0.1, 0.15) is 12.1 Å². The van der Waals surface area contributed by atoms with Gasteiger partial charge < -0.3 is 21.7 Å². The van der Waals surface area contributed by atoms with Gasteiger partial charge in [0.15, 0.2) is 0 Å². The highest BCUT2D eigenvalue weighted by molar-refractivity contribution is 8.77. The van der Waals surface area contributed by atoms with E-state index in [1.807, 2.05) is 0 Å². The van der Waals surface area contributed by atoms with E-state index in [2.05, 4.69) is 0 Å². The van der Waals surface area contributed by atoms with Crippen LogP contribution in [0.5, 0.6) is 0 Å². The summed E-state index contributed by atoms with van der Waals surface area (Å²) in [6.07, 6.45) is 0. The van der Waals surface area contributed by atoms with Crippen molar-refractivity contribution in [3.63, 3.8) is 0 Å². The zero-order valence-electron chi connectivity index (χ0n) is 10.8. The van der Waals surface area contributed by atoms with Gasteiger partial charge in [-0.15, -0.1) is 0 Å². The van der Waals surface area contributed by atoms with Gasteiger partial charge in [-0.25, -0.2) is 0 Å². The van der Waals surface area contributed by atoms with Crippen LogP contribution in [0.3, 0.4) is 0 Å². The van der Waals surface area contributed by atoms with Gasteiger partial charge in [-0.1, -0.05) is 21.6 Å². The monoisotopic (exact) mass is 296 g/mol. The average molecular weight is 296 g/mol. The molecule has 0 bridgehead atoms. The molecule has 2 atom stereocenters. The van der Waals surface area contributed by atoms with Crippen LogP contribution in [0.2, 0.25) is 0 Å². The Morgan fingerprint density at radius 1 is 0.889 bits per heavy atom. The lowest BCUT2D eigenvalue weighted by Crippen LogP contribution is -2.49. The molecule has 8 heteroatoms. The number of carboxylic acid groups (broad SMARTS) is 2. The van der Waals surface area contributed by atoms with Crippen molar-refractivity contribution in [2.75, 3.05) is 0 Å². The third kappa shape index (κ3) is 4.68. The molecule has 6 nitrogen and oxygen atoms in total. The molecule has 0 aromatic carbocycles. The third-order valence-corrected chi connectivity index (χ3v) is 6.78. The van der Waals surface area contributed by atoms with Crippen molar-refractivity contribution in [2.45, 2.75) is 49.3 Å². The van der Waals surface area contributed by atoms with Crippen LogP contribution in [0.4, 0.5) is 0 Å². The number of hydrogen-bond donors (Lipinski definition) is 4. The van der Waals surface area contributed by atoms with Crippen LogP contribution >= 0.6 is 21.6 Å². The van der Waals surface area contributed by atoms with Crippen molar-refractivity contribution in [1.82, 2.24) is 0 Å². The fraction of sp³-hybridized carbons (Fsp3) is 0.800. The molecule has 0 aliphatic heterocycles. The predicted octanol–water partition coefficient (Wildman–Crippen LogP) is 0.749. The molecule has 0 aliphatic rings. The molecule has 18 heavy (non-hydrogen) atoms. The molecule has 0 heterocycles. The maximum atomic E-state index is 10.8. The quantitative estimate of drug-likeness (QED) is 0.507. The third-order valence-electron chi connectivity index (χ3n) is 2.50. The summed E-state index contributed by atoms with van der Waals surface area (Å²) in [7, 11) is 2.47. The van der Waals surface area contributed by atoms with Gasteiger partial charge in [0, 0.05) is 9.49 Å². The topological polar surface area (TPSA) is 127 Å². The fourth-order valence-electron chi connectivity index (χ4n) is 0.913. The largest absolute Gasteiger partial charge is 0.480 e. The molecule has 0 saturated carbocycles. The van der Waals surface area contributed by atoms with Crippen molar-refractivity contribution in [3.05, 3.63) is 0 Å². The second-order valence-electron chi connectivity index (χ2n) is 5.01. The summed E-state index contributed by atoms with van der Waals surface area (Å²) in [5, 5.41) is 17.8. The smallest absolute Gasteiger partial charge is 0.321 e. The van der Waals surface area contributed by atoms with E-state index in [0.717, 1.165) is 0 Å². The number of rotatable bonds is 7. The van der Waals surface area contributed by atoms with Crippen molar-refractivity contribution < 1.29 is 19.8 Å². The summed E-state index contributed by atoms with van der Waals surface area (Å²) in [5.41, 5.74) is 11.2. The lowest BCUT2D eigenvalue weighted by Gasteiger charge is -2.33. The van der Waals surface area contributed by atoms with E-state index >= 15 is 0 Å². The summed E-state index contributed by atoms with van der Waals surface area (Å²) >= 11 is 0. The molecule has 0 aromatic heterocycles. The van der Waals surface area contributed by atoms with E-state index in [1.165, 1.54) is 21.6 Å². The van der Waals surface area contributed by atoms with Crippen LogP contribution < -0.4 is 11.5 Å². The van der Waals surface area contributed by atoms with Gasteiger partial charge in [0.05, 0.1) is 0 Å². The zero-order chi connectivity index (χ0) is 14.7. The van der Waals surface area contributed by atoms with Crippen LogP contribution in [-0.4, -0.2) is 43.7 Å². The van der Waals surface area contributed by atoms with Crippen molar-refractivity contribution in [3.8, 4) is 0 Å². The SMILES string of the molecule is CC(C)(SSC(C)(C)[C@H](N)C(=O)O)C(N)C(=O)O. The maximum absolute atomic E-state index is 10.8. The van der Waals surface area contributed by atoms with Gasteiger partial charge in [-0.05, 0) is 27.7 Å². The Hall–Kier alpha value is -0.440. The highest BCUT2D eigenvalue weighted by Gasteiger charge is 2.39. The molecule has 0 amide bonds. The molecule has 1 unspecified atom stereocenters. The molecule has 0 radical (unpaired) electrons. The van der Waals surface area contributed by atoms with Crippen molar-refractivity contribution >= 4 is 33.5 Å². The molecule has 0 aromatic rings. The minimum absolute atomic E-state index is 0.730. The molecule has 0 fully saturated rings. The van der Waals surface area contributed by atoms with Crippen LogP contribution in [0.25, 0.3) is 0 Å². The van der Waals surface area contributed by atoms with Gasteiger partial charge >= 0.3 is 11.9 Å². The normalized spacial score (nSPS) is 16.1. The molecule has 6 N–H and O–H groups in total. The van der Waals surface area contributed by atoms with Crippen LogP contribution in [0.15, 0.2) is 0 Å². The Balaban J connectivity index is 4.65. The van der Waals surface area contributed by atoms with Gasteiger partial charge in [0.2, 0.25) is 0 Å². The van der Waals surface area contributed by atoms with E-state index in [9.17, 15) is 9.59 Å². The maximum Gasteiger partial charge on any atom is 0.321 e. The number of hydrogen-bond acceptors (Lipinski definition) is 6. The number of carboxylic acids is 2. The van der Waals surface area contributed by atoms with Gasteiger partial charge in [0.25, 0.3) is 0 Å². The molecule has 106 valence electrons. The first-order valence-corrected chi connectivity index (χ1v) is 7.40. The summed E-state index contributed by atoms with van der Waals surface area (Å²) in [6.45, 7) is 6.80. The Morgan fingerprint density at radius 2 is 1.11 bits per heavy atom. The Kier molecular flexibility index (Phi) is 5.99. The highest BCUT2D eigenvalue weighted by atomic mass is 33.1. The Labute approximate surface area is 114 Å². The molecular weight excluding hydrogens is 276 g/mol. The van der Waals surface area contributed by atoms with E-state index < -0.39 is 33.5 Å². The molecule has 0 saturated heterocycles. The first-order chi connectivity index (χ1) is 7.92. The lowest BCUT2D eigenvalue weighted by molar-refractivity contribution is -0.140. The molecular formula is C10H20N2O4S2. The summed E-state index contributed by atoms with van der Waals surface area (Å²) in [5.74, 6) is -2.18. The van der Waals surface area contributed by atoms with Crippen molar-refractivity contribution in [2.24, 2.45) is 11.5 Å². The molecule has 0 aliphatic carbocycles. The van der Waals surface area contributed by atoms with E-state index in [1.54, 1.807) is 27.7 Å². The Bertz CT molecular complexity index is 302. The average Bonchev–Trinajstić information content (AvgIpc) is 2.24.